The van der Waals surface area contributed by atoms with Gasteiger partial charge in [-0.25, -0.2) is 13.1 Å². The van der Waals surface area contributed by atoms with Crippen LogP contribution in [-0.2, 0) is 23.1 Å². The Hall–Kier alpha value is -2.49. The summed E-state index contributed by atoms with van der Waals surface area (Å²) >= 11 is 12.5. The van der Waals surface area contributed by atoms with Crippen molar-refractivity contribution in [3.8, 4) is 11.1 Å². The van der Waals surface area contributed by atoms with Crippen LogP contribution in [0.1, 0.15) is 27.3 Å². The number of benzene rings is 2. The van der Waals surface area contributed by atoms with Gasteiger partial charge in [-0.1, -0.05) is 47.5 Å². The van der Waals surface area contributed by atoms with Gasteiger partial charge in [0.1, 0.15) is 0 Å². The van der Waals surface area contributed by atoms with Crippen LogP contribution in [0.25, 0.3) is 11.1 Å². The number of nitrogens with two attached hydrogens (primary N) is 1. The van der Waals surface area contributed by atoms with Crippen LogP contribution in [0.2, 0.25) is 10.0 Å². The largest absolute Gasteiger partial charge is 0.331 e. The number of pyridine rings is 1. The summed E-state index contributed by atoms with van der Waals surface area (Å²) in [5.74, 6) is -0.243. The first-order valence-corrected chi connectivity index (χ1v) is 12.5. The summed E-state index contributed by atoms with van der Waals surface area (Å²) in [4.78, 5) is 19.7. The summed E-state index contributed by atoms with van der Waals surface area (Å²) in [5, 5.41) is 0.894. The molecule has 1 aliphatic rings. The van der Waals surface area contributed by atoms with Crippen molar-refractivity contribution in [1.82, 2.24) is 14.6 Å². The Morgan fingerprint density at radius 2 is 1.85 bits per heavy atom. The molecule has 2 heterocycles. The van der Waals surface area contributed by atoms with Crippen molar-refractivity contribution in [3.63, 3.8) is 0 Å². The molecule has 172 valence electrons. The molecular weight excluding hydrogens is 483 g/mol. The minimum Gasteiger partial charge on any atom is -0.331 e. The summed E-state index contributed by atoms with van der Waals surface area (Å²) in [7, 11) is -3.67. The van der Waals surface area contributed by atoms with E-state index in [1.54, 1.807) is 41.3 Å². The Labute approximate surface area is 202 Å². The van der Waals surface area contributed by atoms with Gasteiger partial charge in [-0.15, -0.1) is 0 Å². The molecule has 0 bridgehead atoms. The van der Waals surface area contributed by atoms with E-state index in [1.165, 1.54) is 12.1 Å². The standard InChI is InChI=1S/C23H22Cl2N4O3S/c1-14-18(12-26)21(17-8-7-15(24)11-19(17)25)22-20(28-14)13-29(23(22)30)10-9-27-33(31,32)16-5-3-2-4-6-16/h2-8,11,27H,9-10,12-13,26H2,1H3. The number of amides is 1. The van der Waals surface area contributed by atoms with Crippen molar-refractivity contribution in [2.75, 3.05) is 13.1 Å². The lowest BCUT2D eigenvalue weighted by Gasteiger charge is -2.17. The molecule has 0 fully saturated rings. The van der Waals surface area contributed by atoms with Crippen LogP contribution in [0, 0.1) is 6.92 Å². The number of aryl methyl sites for hydroxylation is 1. The van der Waals surface area contributed by atoms with Crippen molar-refractivity contribution in [2.45, 2.75) is 24.9 Å². The lowest BCUT2D eigenvalue weighted by atomic mass is 9.93. The topological polar surface area (TPSA) is 105 Å². The molecular formula is C23H22Cl2N4O3S. The fourth-order valence-corrected chi connectivity index (χ4v) is 5.52. The van der Waals surface area contributed by atoms with Crippen LogP contribution in [0.3, 0.4) is 0 Å². The van der Waals surface area contributed by atoms with Crippen molar-refractivity contribution in [1.29, 1.82) is 0 Å². The summed E-state index contributed by atoms with van der Waals surface area (Å²) in [5.41, 5.74) is 9.83. The minimum atomic E-state index is -3.67. The maximum atomic E-state index is 13.4. The van der Waals surface area contributed by atoms with Crippen molar-refractivity contribution in [3.05, 3.63) is 81.1 Å². The van der Waals surface area contributed by atoms with Crippen LogP contribution in [0.4, 0.5) is 0 Å². The van der Waals surface area contributed by atoms with E-state index < -0.39 is 10.0 Å². The number of rotatable bonds is 7. The van der Waals surface area contributed by atoms with E-state index in [0.717, 1.165) is 11.3 Å². The quantitative estimate of drug-likeness (QED) is 0.509. The second-order valence-corrected chi connectivity index (χ2v) is 10.2. The maximum Gasteiger partial charge on any atom is 0.256 e. The Bertz CT molecular complexity index is 1330. The first-order chi connectivity index (χ1) is 15.7. The van der Waals surface area contributed by atoms with Gasteiger partial charge in [-0.05, 0) is 36.8 Å². The SMILES string of the molecule is Cc1nc2c(c(-c3ccc(Cl)cc3Cl)c1CN)C(=O)N(CCNS(=O)(=O)c1ccccc1)C2. The summed E-state index contributed by atoms with van der Waals surface area (Å²) in [6, 6.07) is 13.2. The average molecular weight is 505 g/mol. The Kier molecular flexibility index (Phi) is 6.74. The monoisotopic (exact) mass is 504 g/mol. The number of hydrogen-bond acceptors (Lipinski definition) is 5. The smallest absolute Gasteiger partial charge is 0.256 e. The number of carbonyl (C=O) groups is 1. The highest BCUT2D eigenvalue weighted by Crippen LogP contribution is 2.39. The van der Waals surface area contributed by atoms with E-state index in [1.807, 2.05) is 6.92 Å². The average Bonchev–Trinajstić information content (AvgIpc) is 3.08. The van der Waals surface area contributed by atoms with E-state index in [0.29, 0.717) is 32.4 Å². The number of fused-ring (bicyclic) bond motifs is 1. The molecule has 0 radical (unpaired) electrons. The van der Waals surface area contributed by atoms with E-state index in [9.17, 15) is 13.2 Å². The predicted octanol–water partition coefficient (Wildman–Crippen LogP) is 3.76. The molecule has 1 amide bonds. The summed E-state index contributed by atoms with van der Waals surface area (Å²) in [6.07, 6.45) is 0. The Balaban J connectivity index is 1.62. The van der Waals surface area contributed by atoms with Gasteiger partial charge in [-0.2, -0.15) is 0 Å². The molecule has 2 aromatic carbocycles. The first-order valence-electron chi connectivity index (χ1n) is 10.2. The third-order valence-electron chi connectivity index (χ3n) is 5.55. The van der Waals surface area contributed by atoms with Gasteiger partial charge in [0.15, 0.2) is 0 Å². The van der Waals surface area contributed by atoms with Crippen LogP contribution in [0.15, 0.2) is 53.4 Å². The number of nitrogens with zero attached hydrogens (tertiary/aromatic N) is 2. The highest BCUT2D eigenvalue weighted by Gasteiger charge is 2.34. The number of carbonyl (C=O) groups excluding carboxylic acids is 1. The van der Waals surface area contributed by atoms with Crippen LogP contribution < -0.4 is 10.5 Å². The zero-order valence-corrected chi connectivity index (χ0v) is 20.1. The second kappa shape index (κ2) is 9.40. The number of sulfonamides is 1. The molecule has 3 aromatic rings. The number of halogens is 2. The molecule has 1 aliphatic heterocycles. The number of aromatic nitrogens is 1. The highest BCUT2D eigenvalue weighted by molar-refractivity contribution is 7.89. The van der Waals surface area contributed by atoms with Crippen molar-refractivity contribution < 1.29 is 13.2 Å². The van der Waals surface area contributed by atoms with Gasteiger partial charge in [-0.3, -0.25) is 9.78 Å². The van der Waals surface area contributed by atoms with Gasteiger partial charge in [0, 0.05) is 46.5 Å². The highest BCUT2D eigenvalue weighted by atomic mass is 35.5. The van der Waals surface area contributed by atoms with E-state index in [2.05, 4.69) is 9.71 Å². The molecule has 0 saturated carbocycles. The summed E-state index contributed by atoms with van der Waals surface area (Å²) < 4.78 is 27.5. The third kappa shape index (κ3) is 4.62. The van der Waals surface area contributed by atoms with Crippen LogP contribution >= 0.6 is 23.2 Å². The molecule has 0 spiro atoms. The van der Waals surface area contributed by atoms with Crippen molar-refractivity contribution >= 4 is 39.1 Å². The molecule has 33 heavy (non-hydrogen) atoms. The summed E-state index contributed by atoms with van der Waals surface area (Å²) in [6.45, 7) is 2.55. The molecule has 0 saturated heterocycles. The molecule has 0 aliphatic carbocycles. The van der Waals surface area contributed by atoms with Crippen molar-refractivity contribution in [2.24, 2.45) is 5.73 Å². The van der Waals surface area contributed by atoms with Gasteiger partial charge in [0.25, 0.3) is 5.91 Å². The Morgan fingerprint density at radius 3 is 2.52 bits per heavy atom. The maximum absolute atomic E-state index is 13.4. The van der Waals surface area contributed by atoms with Crippen LogP contribution in [-0.4, -0.2) is 37.3 Å². The predicted molar refractivity (Wildman–Crippen MR) is 129 cm³/mol. The molecule has 0 unspecified atom stereocenters. The zero-order chi connectivity index (χ0) is 23.8. The third-order valence-corrected chi connectivity index (χ3v) is 7.58. The van der Waals surface area contributed by atoms with E-state index in [4.69, 9.17) is 28.9 Å². The lowest BCUT2D eigenvalue weighted by molar-refractivity contribution is 0.0782. The molecule has 7 nitrogen and oxygen atoms in total. The fourth-order valence-electron chi connectivity index (χ4n) is 3.98. The normalized spacial score (nSPS) is 13.5. The van der Waals surface area contributed by atoms with Gasteiger partial charge < -0.3 is 10.6 Å². The van der Waals surface area contributed by atoms with E-state index in [-0.39, 0.29) is 37.0 Å². The minimum absolute atomic E-state index is 0.0662. The first kappa shape index (κ1) is 23.7. The van der Waals surface area contributed by atoms with Gasteiger partial charge in [0.05, 0.1) is 22.7 Å². The Morgan fingerprint density at radius 1 is 1.12 bits per heavy atom. The zero-order valence-electron chi connectivity index (χ0n) is 17.8. The number of nitrogens with one attached hydrogen (secondary N) is 1. The van der Waals surface area contributed by atoms with Gasteiger partial charge >= 0.3 is 0 Å². The molecule has 4 rings (SSSR count). The molecule has 0 atom stereocenters. The molecule has 10 heteroatoms. The van der Waals surface area contributed by atoms with Gasteiger partial charge in [0.2, 0.25) is 10.0 Å². The van der Waals surface area contributed by atoms with E-state index >= 15 is 0 Å². The molecule has 1 aromatic heterocycles. The molecule has 3 N–H and O–H groups in total. The second-order valence-electron chi connectivity index (χ2n) is 7.64. The van der Waals surface area contributed by atoms with Crippen LogP contribution in [0.5, 0.6) is 0 Å². The number of hydrogen-bond donors (Lipinski definition) is 2. The fraction of sp³-hybridized carbons (Fsp3) is 0.217. The lowest BCUT2D eigenvalue weighted by Crippen LogP contribution is -2.35.